The quantitative estimate of drug-likeness (QED) is 0.452. The Morgan fingerprint density at radius 1 is 0.833 bits per heavy atom. The molecular formula is C10H22NaO. The van der Waals surface area contributed by atoms with Gasteiger partial charge in [0.2, 0.25) is 0 Å². The van der Waals surface area contributed by atoms with Crippen molar-refractivity contribution >= 4 is 29.6 Å². The van der Waals surface area contributed by atoms with Gasteiger partial charge in [0.15, 0.2) is 0 Å². The molecule has 0 N–H and O–H groups in total. The maximum absolute atomic E-state index is 5.46. The van der Waals surface area contributed by atoms with Gasteiger partial charge in [-0.3, -0.25) is 0 Å². The molecule has 1 nitrogen and oxygen atoms in total. The zero-order valence-corrected chi connectivity index (χ0v) is 11.4. The summed E-state index contributed by atoms with van der Waals surface area (Å²) in [5.74, 6) is 1.54. The topological polar surface area (TPSA) is 9.23 Å². The molecule has 12 heavy (non-hydrogen) atoms. The maximum atomic E-state index is 5.46. The molecule has 69 valence electrons. The van der Waals surface area contributed by atoms with Crippen LogP contribution in [0.3, 0.4) is 0 Å². The first-order valence-corrected chi connectivity index (χ1v) is 4.70. The minimum Gasteiger partial charge on any atom is -0.381 e. The van der Waals surface area contributed by atoms with E-state index >= 15 is 0 Å². The number of rotatable bonds is 6. The summed E-state index contributed by atoms with van der Waals surface area (Å²) in [6.45, 7) is 10.8. The van der Waals surface area contributed by atoms with Crippen LogP contribution in [-0.2, 0) is 4.74 Å². The first kappa shape index (κ1) is 15.4. The molecule has 1 radical (unpaired) electrons. The first-order chi connectivity index (χ1) is 5.13. The average Bonchev–Trinajstić information content (AvgIpc) is 1.85. The summed E-state index contributed by atoms with van der Waals surface area (Å²) in [4.78, 5) is 0. The van der Waals surface area contributed by atoms with Crippen LogP contribution in [0.15, 0.2) is 0 Å². The van der Waals surface area contributed by atoms with E-state index in [1.807, 2.05) is 0 Å². The summed E-state index contributed by atoms with van der Waals surface area (Å²) in [5.41, 5.74) is 0. The maximum Gasteiger partial charge on any atom is 0.0468 e. The SMILES string of the molecule is CC(C)CCOCCC(C)C.[Na]. The molecule has 0 heterocycles. The van der Waals surface area contributed by atoms with E-state index in [4.69, 9.17) is 4.74 Å². The number of hydrogen-bond donors (Lipinski definition) is 0. The third-order valence-corrected chi connectivity index (χ3v) is 1.68. The van der Waals surface area contributed by atoms with Crippen molar-refractivity contribution in [3.05, 3.63) is 0 Å². The largest absolute Gasteiger partial charge is 0.381 e. The standard InChI is InChI=1S/C10H22O.Na/c1-9(2)5-7-11-8-6-10(3)4;/h9-10H,5-8H2,1-4H3;. The fourth-order valence-corrected chi connectivity index (χ4v) is 0.740. The molecule has 0 rings (SSSR count). The van der Waals surface area contributed by atoms with Gasteiger partial charge in [-0.15, -0.1) is 0 Å². The molecule has 0 atom stereocenters. The molecule has 0 saturated heterocycles. The predicted molar refractivity (Wildman–Crippen MR) is 55.5 cm³/mol. The summed E-state index contributed by atoms with van der Waals surface area (Å²) in [5, 5.41) is 0. The molecular weight excluding hydrogens is 159 g/mol. The number of hydrogen-bond acceptors (Lipinski definition) is 1. The van der Waals surface area contributed by atoms with E-state index in [1.54, 1.807) is 0 Å². The van der Waals surface area contributed by atoms with Crippen molar-refractivity contribution in [1.82, 2.24) is 0 Å². The van der Waals surface area contributed by atoms with Gasteiger partial charge in [0.25, 0.3) is 0 Å². The summed E-state index contributed by atoms with van der Waals surface area (Å²) in [7, 11) is 0. The van der Waals surface area contributed by atoms with Gasteiger partial charge >= 0.3 is 0 Å². The van der Waals surface area contributed by atoms with Crippen molar-refractivity contribution in [2.24, 2.45) is 11.8 Å². The molecule has 0 fully saturated rings. The minimum absolute atomic E-state index is 0. The van der Waals surface area contributed by atoms with E-state index in [-0.39, 0.29) is 29.6 Å². The van der Waals surface area contributed by atoms with Gasteiger partial charge < -0.3 is 4.74 Å². The van der Waals surface area contributed by atoms with Crippen LogP contribution in [-0.4, -0.2) is 42.8 Å². The Balaban J connectivity index is 0. The van der Waals surface area contributed by atoms with E-state index in [9.17, 15) is 0 Å². The molecule has 0 spiro atoms. The third kappa shape index (κ3) is 13.5. The van der Waals surface area contributed by atoms with Crippen LogP contribution in [0.1, 0.15) is 40.5 Å². The third-order valence-electron chi connectivity index (χ3n) is 1.68. The van der Waals surface area contributed by atoms with Crippen molar-refractivity contribution in [1.29, 1.82) is 0 Å². The molecule has 2 heteroatoms. The molecule has 0 aromatic carbocycles. The number of ether oxygens (including phenoxy) is 1. The van der Waals surface area contributed by atoms with Gasteiger partial charge in [0.1, 0.15) is 0 Å². The molecule has 0 amide bonds. The second kappa shape index (κ2) is 10.0. The molecule has 0 unspecified atom stereocenters. The van der Waals surface area contributed by atoms with Gasteiger partial charge in [0.05, 0.1) is 0 Å². The Hall–Kier alpha value is 0.960. The molecule has 0 aliphatic rings. The molecule has 0 aliphatic heterocycles. The monoisotopic (exact) mass is 181 g/mol. The summed E-state index contributed by atoms with van der Waals surface area (Å²) in [6.07, 6.45) is 2.39. The molecule has 0 bridgehead atoms. The summed E-state index contributed by atoms with van der Waals surface area (Å²) in [6, 6.07) is 0. The Bertz CT molecular complexity index is 71.9. The first-order valence-electron chi connectivity index (χ1n) is 4.70. The smallest absolute Gasteiger partial charge is 0.0468 e. The molecule has 0 saturated carbocycles. The van der Waals surface area contributed by atoms with Crippen molar-refractivity contribution in [3.63, 3.8) is 0 Å². The van der Waals surface area contributed by atoms with Gasteiger partial charge in [-0.1, -0.05) is 27.7 Å². The second-order valence-corrected chi connectivity index (χ2v) is 3.98. The Morgan fingerprint density at radius 3 is 1.42 bits per heavy atom. The van der Waals surface area contributed by atoms with Gasteiger partial charge in [0, 0.05) is 42.8 Å². The zero-order chi connectivity index (χ0) is 8.69. The van der Waals surface area contributed by atoms with E-state index in [0.29, 0.717) is 0 Å². The second-order valence-electron chi connectivity index (χ2n) is 3.98. The van der Waals surface area contributed by atoms with E-state index < -0.39 is 0 Å². The van der Waals surface area contributed by atoms with Gasteiger partial charge in [-0.25, -0.2) is 0 Å². The Labute approximate surface area is 99.6 Å². The average molecular weight is 181 g/mol. The normalized spacial score (nSPS) is 10.5. The fraction of sp³-hybridized carbons (Fsp3) is 1.00. The molecule has 0 aromatic heterocycles. The van der Waals surface area contributed by atoms with Crippen LogP contribution in [0.4, 0.5) is 0 Å². The molecule has 0 aliphatic carbocycles. The van der Waals surface area contributed by atoms with Gasteiger partial charge in [-0.05, 0) is 24.7 Å². The van der Waals surface area contributed by atoms with E-state index in [0.717, 1.165) is 25.0 Å². The van der Waals surface area contributed by atoms with Crippen molar-refractivity contribution in [3.8, 4) is 0 Å². The zero-order valence-electron chi connectivity index (χ0n) is 9.39. The Kier molecular flexibility index (Phi) is 12.9. The van der Waals surface area contributed by atoms with E-state index in [1.165, 1.54) is 12.8 Å². The molecule has 0 aromatic rings. The summed E-state index contributed by atoms with van der Waals surface area (Å²) >= 11 is 0. The Morgan fingerprint density at radius 2 is 1.17 bits per heavy atom. The van der Waals surface area contributed by atoms with Crippen LogP contribution in [0.25, 0.3) is 0 Å². The van der Waals surface area contributed by atoms with Crippen molar-refractivity contribution in [2.45, 2.75) is 40.5 Å². The minimum atomic E-state index is 0. The van der Waals surface area contributed by atoms with E-state index in [2.05, 4.69) is 27.7 Å². The van der Waals surface area contributed by atoms with Crippen LogP contribution in [0, 0.1) is 11.8 Å². The summed E-state index contributed by atoms with van der Waals surface area (Å²) < 4.78 is 5.46. The van der Waals surface area contributed by atoms with Crippen LogP contribution in [0.2, 0.25) is 0 Å². The predicted octanol–water partition coefficient (Wildman–Crippen LogP) is 2.71. The van der Waals surface area contributed by atoms with Crippen LogP contribution >= 0.6 is 0 Å². The van der Waals surface area contributed by atoms with Crippen molar-refractivity contribution in [2.75, 3.05) is 13.2 Å². The van der Waals surface area contributed by atoms with Crippen molar-refractivity contribution < 1.29 is 4.74 Å². The van der Waals surface area contributed by atoms with Crippen LogP contribution < -0.4 is 0 Å². The fourth-order valence-electron chi connectivity index (χ4n) is 0.740. The van der Waals surface area contributed by atoms with Gasteiger partial charge in [-0.2, -0.15) is 0 Å². The van der Waals surface area contributed by atoms with Crippen LogP contribution in [0.5, 0.6) is 0 Å².